The molecule has 7 nitrogen and oxygen atoms in total. The summed E-state index contributed by atoms with van der Waals surface area (Å²) in [6, 6.07) is 27.8. The summed E-state index contributed by atoms with van der Waals surface area (Å²) in [5.41, 5.74) is 4.18. The highest BCUT2D eigenvalue weighted by Gasteiger charge is 2.60. The molecule has 1 heterocycles. The Morgan fingerprint density at radius 1 is 0.775 bits per heavy atom. The summed E-state index contributed by atoms with van der Waals surface area (Å²) in [4.78, 5) is 26.6. The van der Waals surface area contributed by atoms with Crippen LogP contribution >= 0.6 is 0 Å². The van der Waals surface area contributed by atoms with E-state index in [-0.39, 0.29) is 6.79 Å². The second-order valence-electron chi connectivity index (χ2n) is 10.1. The standard InChI is InChI=1S/C33H28O7/c1-19-8-3-4-11-23(19)28-30(32(34)35)29(24-12-5-6-13-25(24)37-2)31(28)33(36)40-22-10-7-9-20(16-22)21-14-15-26-27(17-21)39-18-38-26/h3-17,28-31H,18H2,1-2H3,(H,34,35)/t28-,29-,30+,31+/m0/s1. The Hall–Kier alpha value is -4.78. The Balaban J connectivity index is 1.36. The molecule has 0 spiro atoms. The molecule has 1 aliphatic heterocycles. The smallest absolute Gasteiger partial charge is 0.315 e. The molecule has 0 amide bonds. The molecule has 4 aromatic carbocycles. The lowest BCUT2D eigenvalue weighted by molar-refractivity contribution is -0.158. The quantitative estimate of drug-likeness (QED) is 0.222. The molecule has 4 atom stereocenters. The number of esters is 1. The summed E-state index contributed by atoms with van der Waals surface area (Å²) in [7, 11) is 1.54. The van der Waals surface area contributed by atoms with Gasteiger partial charge in [0, 0.05) is 11.8 Å². The van der Waals surface area contributed by atoms with Crippen molar-refractivity contribution in [3.05, 3.63) is 108 Å². The molecule has 0 bridgehead atoms. The van der Waals surface area contributed by atoms with E-state index in [1.165, 1.54) is 0 Å². The van der Waals surface area contributed by atoms with E-state index in [1.807, 2.05) is 79.7 Å². The number of hydrogen-bond donors (Lipinski definition) is 1. The molecule has 0 saturated heterocycles. The number of carbonyl (C=O) groups is 2. The Labute approximate surface area is 231 Å². The largest absolute Gasteiger partial charge is 0.496 e. The van der Waals surface area contributed by atoms with Crippen molar-refractivity contribution in [3.8, 4) is 34.1 Å². The number of methoxy groups -OCH3 is 1. The van der Waals surface area contributed by atoms with E-state index >= 15 is 0 Å². The van der Waals surface area contributed by atoms with Crippen molar-refractivity contribution in [2.24, 2.45) is 11.8 Å². The first-order chi connectivity index (χ1) is 19.5. The molecular weight excluding hydrogens is 508 g/mol. The lowest BCUT2D eigenvalue weighted by Gasteiger charge is -2.49. The Kier molecular flexibility index (Phi) is 6.64. The second kappa shape index (κ2) is 10.4. The van der Waals surface area contributed by atoms with Gasteiger partial charge in [0.15, 0.2) is 11.5 Å². The molecule has 4 aromatic rings. The number of fused-ring (bicyclic) bond motifs is 1. The van der Waals surface area contributed by atoms with Gasteiger partial charge >= 0.3 is 11.9 Å². The molecule has 6 rings (SSSR count). The summed E-state index contributed by atoms with van der Waals surface area (Å²) in [5.74, 6) is -1.90. The van der Waals surface area contributed by atoms with Crippen LogP contribution in [0, 0.1) is 18.8 Å². The Morgan fingerprint density at radius 3 is 2.25 bits per heavy atom. The number of benzene rings is 4. The third kappa shape index (κ3) is 4.43. The normalized spacial score (nSPS) is 20.9. The number of rotatable bonds is 7. The summed E-state index contributed by atoms with van der Waals surface area (Å²) in [5, 5.41) is 10.4. The van der Waals surface area contributed by atoms with Crippen LogP contribution in [-0.4, -0.2) is 30.9 Å². The zero-order valence-corrected chi connectivity index (χ0v) is 22.1. The van der Waals surface area contributed by atoms with Gasteiger partial charge in [-0.25, -0.2) is 0 Å². The highest BCUT2D eigenvalue weighted by molar-refractivity contribution is 5.86. The van der Waals surface area contributed by atoms with Crippen LogP contribution in [0.3, 0.4) is 0 Å². The molecule has 1 N–H and O–H groups in total. The maximum atomic E-state index is 13.9. The Morgan fingerprint density at radius 2 is 1.48 bits per heavy atom. The minimum absolute atomic E-state index is 0.185. The average Bonchev–Trinajstić information content (AvgIpc) is 3.42. The van der Waals surface area contributed by atoms with E-state index < -0.39 is 35.6 Å². The fourth-order valence-electron chi connectivity index (χ4n) is 6.02. The lowest BCUT2D eigenvalue weighted by Crippen LogP contribution is -2.52. The number of carboxylic acid groups (broad SMARTS) is 1. The average molecular weight is 537 g/mol. The first-order valence-corrected chi connectivity index (χ1v) is 13.1. The van der Waals surface area contributed by atoms with E-state index in [2.05, 4.69) is 0 Å². The van der Waals surface area contributed by atoms with Crippen molar-refractivity contribution in [1.82, 2.24) is 0 Å². The first-order valence-electron chi connectivity index (χ1n) is 13.1. The predicted molar refractivity (Wildman–Crippen MR) is 148 cm³/mol. The third-order valence-electron chi connectivity index (χ3n) is 7.91. The monoisotopic (exact) mass is 536 g/mol. The Bertz CT molecular complexity index is 1590. The van der Waals surface area contributed by atoms with E-state index in [9.17, 15) is 14.7 Å². The maximum Gasteiger partial charge on any atom is 0.315 e. The molecule has 1 aliphatic carbocycles. The van der Waals surface area contributed by atoms with Crippen LogP contribution in [0.5, 0.6) is 23.0 Å². The third-order valence-corrected chi connectivity index (χ3v) is 7.91. The number of hydrogen-bond acceptors (Lipinski definition) is 6. The van der Waals surface area contributed by atoms with Gasteiger partial charge in [-0.15, -0.1) is 0 Å². The van der Waals surface area contributed by atoms with E-state index in [4.69, 9.17) is 18.9 Å². The SMILES string of the molecule is COc1ccccc1[C@H]1[C@H](C(=O)O)[C@H](c2ccccc2C)[C@H]1C(=O)Oc1cccc(-c2ccc3c(c2)OCO3)c1. The number of carbonyl (C=O) groups excluding carboxylic acids is 1. The van der Waals surface area contributed by atoms with Crippen LogP contribution < -0.4 is 18.9 Å². The van der Waals surface area contributed by atoms with Crippen molar-refractivity contribution in [1.29, 1.82) is 0 Å². The van der Waals surface area contributed by atoms with Gasteiger partial charge in [-0.3, -0.25) is 9.59 Å². The van der Waals surface area contributed by atoms with E-state index in [0.29, 0.717) is 28.6 Å². The fraction of sp³-hybridized carbons (Fsp3) is 0.212. The van der Waals surface area contributed by atoms with Gasteiger partial charge in [-0.2, -0.15) is 0 Å². The molecule has 40 heavy (non-hydrogen) atoms. The summed E-state index contributed by atoms with van der Waals surface area (Å²) >= 11 is 0. The van der Waals surface area contributed by atoms with Crippen LogP contribution in [0.1, 0.15) is 28.5 Å². The van der Waals surface area contributed by atoms with Gasteiger partial charge in [-0.05, 0) is 65.1 Å². The van der Waals surface area contributed by atoms with Crippen molar-refractivity contribution < 1.29 is 33.6 Å². The summed E-state index contributed by atoms with van der Waals surface area (Å²) in [6.45, 7) is 2.12. The highest BCUT2D eigenvalue weighted by atomic mass is 16.7. The van der Waals surface area contributed by atoms with Gasteiger partial charge in [0.25, 0.3) is 0 Å². The minimum atomic E-state index is -0.960. The van der Waals surface area contributed by atoms with Crippen molar-refractivity contribution in [3.63, 3.8) is 0 Å². The molecule has 1 saturated carbocycles. The van der Waals surface area contributed by atoms with Crippen LogP contribution in [0.15, 0.2) is 91.0 Å². The molecule has 1 fully saturated rings. The van der Waals surface area contributed by atoms with Crippen molar-refractivity contribution >= 4 is 11.9 Å². The number of ether oxygens (including phenoxy) is 4. The number of para-hydroxylation sites is 1. The molecular formula is C33H28O7. The van der Waals surface area contributed by atoms with Gasteiger partial charge in [0.2, 0.25) is 6.79 Å². The second-order valence-corrected chi connectivity index (χ2v) is 10.1. The first kappa shape index (κ1) is 25.5. The van der Waals surface area contributed by atoms with Gasteiger partial charge < -0.3 is 24.1 Å². The lowest BCUT2D eigenvalue weighted by atomic mass is 9.52. The molecule has 202 valence electrons. The topological polar surface area (TPSA) is 91.3 Å². The summed E-state index contributed by atoms with van der Waals surface area (Å²) < 4.78 is 22.5. The number of aliphatic carboxylic acids is 1. The maximum absolute atomic E-state index is 13.9. The zero-order valence-electron chi connectivity index (χ0n) is 22.1. The molecule has 0 aromatic heterocycles. The van der Waals surface area contributed by atoms with E-state index in [1.54, 1.807) is 25.3 Å². The zero-order chi connectivity index (χ0) is 27.8. The number of carboxylic acids is 1. The fourth-order valence-corrected chi connectivity index (χ4v) is 6.02. The highest BCUT2D eigenvalue weighted by Crippen LogP contribution is 2.60. The molecule has 2 aliphatic rings. The van der Waals surface area contributed by atoms with E-state index in [0.717, 1.165) is 22.3 Å². The van der Waals surface area contributed by atoms with Crippen LogP contribution in [-0.2, 0) is 9.59 Å². The van der Waals surface area contributed by atoms with Crippen LogP contribution in [0.25, 0.3) is 11.1 Å². The van der Waals surface area contributed by atoms with Crippen LogP contribution in [0.2, 0.25) is 0 Å². The van der Waals surface area contributed by atoms with Gasteiger partial charge in [-0.1, -0.05) is 60.7 Å². The summed E-state index contributed by atoms with van der Waals surface area (Å²) in [6.07, 6.45) is 0. The van der Waals surface area contributed by atoms with Gasteiger partial charge in [0.05, 0.1) is 18.9 Å². The molecule has 0 unspecified atom stereocenters. The minimum Gasteiger partial charge on any atom is -0.496 e. The van der Waals surface area contributed by atoms with Gasteiger partial charge in [0.1, 0.15) is 11.5 Å². The van der Waals surface area contributed by atoms with Crippen molar-refractivity contribution in [2.75, 3.05) is 13.9 Å². The molecule has 0 radical (unpaired) electrons. The number of aryl methyl sites for hydroxylation is 1. The molecule has 7 heteroatoms. The predicted octanol–water partition coefficient (Wildman–Crippen LogP) is 6.20. The van der Waals surface area contributed by atoms with Crippen LogP contribution in [0.4, 0.5) is 0 Å². The van der Waals surface area contributed by atoms with Crippen molar-refractivity contribution in [2.45, 2.75) is 18.8 Å².